The number of phenols is 1. The predicted octanol–water partition coefficient (Wildman–Crippen LogP) is 3.99. The lowest BCUT2D eigenvalue weighted by Crippen LogP contribution is -2.13. The van der Waals surface area contributed by atoms with Crippen LogP contribution in [0, 0.1) is 0 Å². The van der Waals surface area contributed by atoms with Crippen molar-refractivity contribution in [3.05, 3.63) is 77.7 Å². The van der Waals surface area contributed by atoms with Gasteiger partial charge in [0.15, 0.2) is 5.13 Å². The monoisotopic (exact) mass is 334 g/mol. The van der Waals surface area contributed by atoms with Crippen LogP contribution in [0.3, 0.4) is 0 Å². The third kappa shape index (κ3) is 2.68. The number of phenolic OH excluding ortho intramolecular Hbond substituents is 1. The lowest BCUT2D eigenvalue weighted by atomic mass is 9.97. The first-order valence-electron chi connectivity index (χ1n) is 7.45. The maximum Gasteiger partial charge on any atom is 0.183 e. The number of aromatic hydroxyl groups is 1. The van der Waals surface area contributed by atoms with E-state index < -0.39 is 0 Å². The average Bonchev–Trinajstić information content (AvgIpc) is 3.15. The van der Waals surface area contributed by atoms with Gasteiger partial charge in [-0.1, -0.05) is 24.3 Å². The third-order valence-corrected chi connectivity index (χ3v) is 4.51. The lowest BCUT2D eigenvalue weighted by molar-refractivity contribution is 0.471. The highest BCUT2D eigenvalue weighted by Gasteiger charge is 2.20. The van der Waals surface area contributed by atoms with Gasteiger partial charge in [-0.25, -0.2) is 4.98 Å². The van der Waals surface area contributed by atoms with Gasteiger partial charge >= 0.3 is 0 Å². The Hall–Kier alpha value is -2.99. The van der Waals surface area contributed by atoms with Crippen LogP contribution < -0.4 is 5.32 Å². The van der Waals surface area contributed by atoms with E-state index in [1.807, 2.05) is 41.8 Å². The summed E-state index contributed by atoms with van der Waals surface area (Å²) in [6.45, 7) is 0. The van der Waals surface area contributed by atoms with E-state index in [1.165, 1.54) is 11.3 Å². The number of pyridine rings is 2. The molecular formula is C18H14N4OS. The van der Waals surface area contributed by atoms with Gasteiger partial charge in [0, 0.05) is 41.1 Å². The van der Waals surface area contributed by atoms with Crippen molar-refractivity contribution in [3.63, 3.8) is 0 Å². The molecule has 0 amide bonds. The molecule has 0 aliphatic carbocycles. The second-order valence-electron chi connectivity index (χ2n) is 5.28. The summed E-state index contributed by atoms with van der Waals surface area (Å²) < 4.78 is 0. The van der Waals surface area contributed by atoms with Gasteiger partial charge in [0.25, 0.3) is 0 Å². The number of hydrogen-bond donors (Lipinski definition) is 2. The Morgan fingerprint density at radius 2 is 1.92 bits per heavy atom. The molecule has 5 nitrogen and oxygen atoms in total. The smallest absolute Gasteiger partial charge is 0.183 e. The number of rotatable bonds is 4. The molecule has 0 saturated carbocycles. The summed E-state index contributed by atoms with van der Waals surface area (Å²) in [5.74, 6) is 0.172. The molecule has 0 saturated heterocycles. The summed E-state index contributed by atoms with van der Waals surface area (Å²) in [5.41, 5.74) is 2.27. The van der Waals surface area contributed by atoms with Crippen LogP contribution in [0.5, 0.6) is 5.75 Å². The summed E-state index contributed by atoms with van der Waals surface area (Å²) in [6, 6.07) is 11.2. The Kier molecular flexibility index (Phi) is 3.80. The highest BCUT2D eigenvalue weighted by atomic mass is 32.1. The molecular weight excluding hydrogens is 320 g/mol. The molecule has 3 aromatic heterocycles. The van der Waals surface area contributed by atoms with Gasteiger partial charge in [0.2, 0.25) is 0 Å². The Balaban J connectivity index is 1.85. The van der Waals surface area contributed by atoms with Gasteiger partial charge in [-0.3, -0.25) is 9.97 Å². The van der Waals surface area contributed by atoms with Crippen LogP contribution in [-0.2, 0) is 0 Å². The fraction of sp³-hybridized carbons (Fsp3) is 0.0556. The minimum atomic E-state index is -0.267. The zero-order valence-electron chi connectivity index (χ0n) is 12.6. The van der Waals surface area contributed by atoms with Gasteiger partial charge in [0.05, 0.1) is 6.04 Å². The van der Waals surface area contributed by atoms with E-state index in [2.05, 4.69) is 20.3 Å². The molecule has 4 rings (SSSR count). The van der Waals surface area contributed by atoms with E-state index in [9.17, 15) is 5.11 Å². The molecule has 6 heteroatoms. The molecule has 24 heavy (non-hydrogen) atoms. The van der Waals surface area contributed by atoms with Crippen molar-refractivity contribution in [1.29, 1.82) is 0 Å². The van der Waals surface area contributed by atoms with Gasteiger partial charge in [-0.05, 0) is 17.7 Å². The van der Waals surface area contributed by atoms with Crippen molar-refractivity contribution >= 4 is 27.4 Å². The van der Waals surface area contributed by atoms with Crippen LogP contribution in [0.1, 0.15) is 17.2 Å². The molecule has 1 atom stereocenters. The number of hydrogen-bond acceptors (Lipinski definition) is 6. The second-order valence-corrected chi connectivity index (χ2v) is 6.17. The molecule has 3 heterocycles. The molecule has 0 aliphatic rings. The molecule has 0 bridgehead atoms. The molecule has 0 unspecified atom stereocenters. The largest absolute Gasteiger partial charge is 0.505 e. The van der Waals surface area contributed by atoms with Crippen LogP contribution in [0.2, 0.25) is 0 Å². The van der Waals surface area contributed by atoms with Crippen molar-refractivity contribution in [2.75, 3.05) is 5.32 Å². The SMILES string of the molecule is Oc1c([C@H](Nc2nccs2)c2cccnc2)ccc2cccnc12. The Morgan fingerprint density at radius 1 is 1.00 bits per heavy atom. The number of nitrogens with zero attached hydrogens (tertiary/aromatic N) is 3. The average molecular weight is 334 g/mol. The van der Waals surface area contributed by atoms with E-state index in [0.29, 0.717) is 5.52 Å². The number of benzene rings is 1. The Morgan fingerprint density at radius 3 is 2.71 bits per heavy atom. The quantitative estimate of drug-likeness (QED) is 0.590. The number of thiazole rings is 1. The first-order chi connectivity index (χ1) is 11.8. The number of aromatic nitrogens is 3. The number of anilines is 1. The fourth-order valence-corrected chi connectivity index (χ4v) is 3.24. The summed E-state index contributed by atoms with van der Waals surface area (Å²) in [5, 5.41) is 17.7. The molecule has 4 aromatic rings. The van der Waals surface area contributed by atoms with Gasteiger partial charge < -0.3 is 10.4 Å². The van der Waals surface area contributed by atoms with Gasteiger partial charge in [-0.15, -0.1) is 11.3 Å². The van der Waals surface area contributed by atoms with Crippen LogP contribution in [0.15, 0.2) is 66.6 Å². The molecule has 0 aliphatic heterocycles. The summed E-state index contributed by atoms with van der Waals surface area (Å²) in [6.07, 6.45) is 6.94. The highest BCUT2D eigenvalue weighted by molar-refractivity contribution is 7.13. The first kappa shape index (κ1) is 14.6. The van der Waals surface area contributed by atoms with Crippen LogP contribution in [0.25, 0.3) is 10.9 Å². The Bertz CT molecular complexity index is 957. The van der Waals surface area contributed by atoms with Gasteiger partial charge in [0.1, 0.15) is 11.3 Å². The number of fused-ring (bicyclic) bond motifs is 1. The van der Waals surface area contributed by atoms with E-state index in [0.717, 1.165) is 21.6 Å². The summed E-state index contributed by atoms with van der Waals surface area (Å²) in [4.78, 5) is 12.8. The Labute approximate surface area is 142 Å². The summed E-state index contributed by atoms with van der Waals surface area (Å²) >= 11 is 1.51. The van der Waals surface area contributed by atoms with Crippen LogP contribution in [-0.4, -0.2) is 20.1 Å². The predicted molar refractivity (Wildman–Crippen MR) is 95.2 cm³/mol. The molecule has 0 fully saturated rings. The van der Waals surface area contributed by atoms with Crippen molar-refractivity contribution in [2.45, 2.75) is 6.04 Å². The maximum absolute atomic E-state index is 10.8. The number of nitrogens with one attached hydrogen (secondary N) is 1. The lowest BCUT2D eigenvalue weighted by Gasteiger charge is -2.20. The van der Waals surface area contributed by atoms with E-state index in [-0.39, 0.29) is 11.8 Å². The van der Waals surface area contributed by atoms with Crippen molar-refractivity contribution in [3.8, 4) is 5.75 Å². The minimum Gasteiger partial charge on any atom is -0.505 e. The van der Waals surface area contributed by atoms with E-state index in [1.54, 1.807) is 24.8 Å². The fourth-order valence-electron chi connectivity index (χ4n) is 2.68. The highest BCUT2D eigenvalue weighted by Crippen LogP contribution is 2.36. The van der Waals surface area contributed by atoms with Crippen molar-refractivity contribution in [1.82, 2.24) is 15.0 Å². The molecule has 118 valence electrons. The van der Waals surface area contributed by atoms with Crippen LogP contribution in [0.4, 0.5) is 5.13 Å². The third-order valence-electron chi connectivity index (χ3n) is 3.81. The standard InChI is InChI=1S/C18H14N4OS/c23-17-14(6-5-12-3-2-8-20-16(12)17)15(13-4-1-7-19-11-13)22-18-21-9-10-24-18/h1-11,15,23H,(H,21,22)/t15-/m1/s1. The summed E-state index contributed by atoms with van der Waals surface area (Å²) in [7, 11) is 0. The van der Waals surface area contributed by atoms with Crippen molar-refractivity contribution < 1.29 is 5.11 Å². The zero-order valence-corrected chi connectivity index (χ0v) is 13.4. The van der Waals surface area contributed by atoms with Gasteiger partial charge in [-0.2, -0.15) is 0 Å². The second kappa shape index (κ2) is 6.25. The van der Waals surface area contributed by atoms with E-state index >= 15 is 0 Å². The van der Waals surface area contributed by atoms with Crippen molar-refractivity contribution in [2.24, 2.45) is 0 Å². The molecule has 2 N–H and O–H groups in total. The van der Waals surface area contributed by atoms with Crippen LogP contribution >= 0.6 is 11.3 Å². The zero-order chi connectivity index (χ0) is 16.4. The topological polar surface area (TPSA) is 70.9 Å². The minimum absolute atomic E-state index is 0.172. The molecule has 0 spiro atoms. The molecule has 1 aromatic carbocycles. The normalized spacial score (nSPS) is 12.2. The van der Waals surface area contributed by atoms with E-state index in [4.69, 9.17) is 0 Å². The molecule has 0 radical (unpaired) electrons. The first-order valence-corrected chi connectivity index (χ1v) is 8.33. The maximum atomic E-state index is 10.8.